The second-order valence-corrected chi connectivity index (χ2v) is 8.79. The standard InChI is InChI=1S/C21H27ClFNO2/c1-12(25)17(20(2,3)4)16-11-15(21(5,6)26)18(22)19(24-16)13-7-9-14(23)10-8-13/h7-12,17,25-26H,1-6H3. The molecule has 0 saturated carbocycles. The number of pyridine rings is 1. The van der Waals surface area contributed by atoms with Crippen LogP contribution < -0.4 is 0 Å². The molecule has 3 nitrogen and oxygen atoms in total. The van der Waals surface area contributed by atoms with E-state index in [1.165, 1.54) is 12.1 Å². The molecule has 2 atom stereocenters. The molecule has 0 aliphatic heterocycles. The highest BCUT2D eigenvalue weighted by molar-refractivity contribution is 6.34. The fourth-order valence-electron chi connectivity index (χ4n) is 3.37. The Morgan fingerprint density at radius 3 is 2.04 bits per heavy atom. The van der Waals surface area contributed by atoms with Gasteiger partial charge in [0, 0.05) is 22.7 Å². The van der Waals surface area contributed by atoms with E-state index in [0.717, 1.165) is 0 Å². The van der Waals surface area contributed by atoms with Crippen molar-refractivity contribution in [2.24, 2.45) is 5.41 Å². The number of halogens is 2. The minimum absolute atomic E-state index is 0.258. The maximum atomic E-state index is 13.3. The van der Waals surface area contributed by atoms with Gasteiger partial charge in [-0.25, -0.2) is 4.39 Å². The first-order chi connectivity index (χ1) is 11.8. The van der Waals surface area contributed by atoms with E-state index in [1.807, 2.05) is 20.8 Å². The maximum absolute atomic E-state index is 13.3. The number of hydrogen-bond donors (Lipinski definition) is 2. The summed E-state index contributed by atoms with van der Waals surface area (Å²) in [4.78, 5) is 4.71. The van der Waals surface area contributed by atoms with Crippen LogP contribution in [0, 0.1) is 11.2 Å². The van der Waals surface area contributed by atoms with Crippen molar-refractivity contribution >= 4 is 11.6 Å². The van der Waals surface area contributed by atoms with Gasteiger partial charge in [-0.05, 0) is 56.5 Å². The number of nitrogens with zero attached hydrogens (tertiary/aromatic N) is 1. The first kappa shape index (κ1) is 20.8. The van der Waals surface area contributed by atoms with E-state index in [1.54, 1.807) is 39.0 Å². The van der Waals surface area contributed by atoms with E-state index in [9.17, 15) is 14.6 Å². The Balaban J connectivity index is 2.78. The van der Waals surface area contributed by atoms with Crippen LogP contribution in [0.25, 0.3) is 11.3 Å². The van der Waals surface area contributed by atoms with E-state index in [4.69, 9.17) is 16.6 Å². The highest BCUT2D eigenvalue weighted by Gasteiger charge is 2.34. The molecule has 0 saturated heterocycles. The summed E-state index contributed by atoms with van der Waals surface area (Å²) < 4.78 is 13.3. The van der Waals surface area contributed by atoms with Gasteiger partial charge < -0.3 is 10.2 Å². The van der Waals surface area contributed by atoms with Gasteiger partial charge >= 0.3 is 0 Å². The fourth-order valence-corrected chi connectivity index (χ4v) is 3.80. The van der Waals surface area contributed by atoms with Crippen molar-refractivity contribution in [1.29, 1.82) is 0 Å². The summed E-state index contributed by atoms with van der Waals surface area (Å²) in [5.41, 5.74) is 0.848. The molecular weight excluding hydrogens is 353 g/mol. The van der Waals surface area contributed by atoms with Crippen molar-refractivity contribution in [3.8, 4) is 11.3 Å². The smallest absolute Gasteiger partial charge is 0.123 e. The van der Waals surface area contributed by atoms with Crippen molar-refractivity contribution in [3.63, 3.8) is 0 Å². The third kappa shape index (κ3) is 4.43. The topological polar surface area (TPSA) is 53.4 Å². The van der Waals surface area contributed by atoms with Gasteiger partial charge in [0.2, 0.25) is 0 Å². The third-order valence-electron chi connectivity index (χ3n) is 4.49. The lowest BCUT2D eigenvalue weighted by molar-refractivity contribution is 0.0772. The van der Waals surface area contributed by atoms with Gasteiger partial charge in [-0.2, -0.15) is 0 Å². The van der Waals surface area contributed by atoms with E-state index >= 15 is 0 Å². The second kappa shape index (κ2) is 7.26. The van der Waals surface area contributed by atoms with Crippen LogP contribution in [0.3, 0.4) is 0 Å². The number of aliphatic hydroxyl groups excluding tert-OH is 1. The van der Waals surface area contributed by atoms with Gasteiger partial charge in [-0.3, -0.25) is 4.98 Å². The Morgan fingerprint density at radius 2 is 1.62 bits per heavy atom. The summed E-state index contributed by atoms with van der Waals surface area (Å²) in [6.45, 7) is 11.1. The monoisotopic (exact) mass is 379 g/mol. The fraction of sp³-hybridized carbons (Fsp3) is 0.476. The minimum atomic E-state index is -1.19. The zero-order valence-electron chi connectivity index (χ0n) is 16.1. The van der Waals surface area contributed by atoms with Crippen molar-refractivity contribution in [2.45, 2.75) is 59.2 Å². The first-order valence-corrected chi connectivity index (χ1v) is 9.07. The van der Waals surface area contributed by atoms with E-state index in [0.29, 0.717) is 27.5 Å². The summed E-state index contributed by atoms with van der Waals surface area (Å²) >= 11 is 6.56. The molecule has 1 aromatic carbocycles. The molecule has 5 heteroatoms. The Hall–Kier alpha value is -1.49. The Kier molecular flexibility index (Phi) is 5.81. The molecule has 0 amide bonds. The van der Waals surface area contributed by atoms with Crippen LogP contribution in [0.15, 0.2) is 30.3 Å². The molecule has 0 spiro atoms. The van der Waals surface area contributed by atoms with Crippen LogP contribution in [-0.4, -0.2) is 21.3 Å². The summed E-state index contributed by atoms with van der Waals surface area (Å²) in [6, 6.07) is 7.67. The van der Waals surface area contributed by atoms with Crippen LogP contribution in [0.5, 0.6) is 0 Å². The lowest BCUT2D eigenvalue weighted by Gasteiger charge is -2.34. The second-order valence-electron chi connectivity index (χ2n) is 8.41. The molecule has 0 bridgehead atoms. The summed E-state index contributed by atoms with van der Waals surface area (Å²) in [5.74, 6) is -0.611. The molecule has 26 heavy (non-hydrogen) atoms. The molecule has 2 N–H and O–H groups in total. The van der Waals surface area contributed by atoms with Crippen LogP contribution in [0.2, 0.25) is 5.02 Å². The van der Waals surface area contributed by atoms with Gasteiger partial charge in [-0.1, -0.05) is 32.4 Å². The average molecular weight is 380 g/mol. The Bertz CT molecular complexity index is 774. The van der Waals surface area contributed by atoms with Crippen molar-refractivity contribution in [1.82, 2.24) is 4.98 Å². The normalized spacial score (nSPS) is 15.0. The SMILES string of the molecule is CC(O)C(c1cc(C(C)(C)O)c(Cl)c(-c2ccc(F)cc2)n1)C(C)(C)C. The molecule has 0 aliphatic rings. The van der Waals surface area contributed by atoms with Gasteiger partial charge in [0.25, 0.3) is 0 Å². The molecular formula is C21H27ClFNO2. The van der Waals surface area contributed by atoms with Crippen LogP contribution in [0.1, 0.15) is 58.7 Å². The molecule has 0 aliphatic carbocycles. The molecule has 2 rings (SSSR count). The number of rotatable bonds is 4. The largest absolute Gasteiger partial charge is 0.393 e. The number of aliphatic hydroxyl groups is 2. The van der Waals surface area contributed by atoms with Crippen molar-refractivity contribution in [2.75, 3.05) is 0 Å². The van der Waals surface area contributed by atoms with Crippen molar-refractivity contribution < 1.29 is 14.6 Å². The van der Waals surface area contributed by atoms with E-state index < -0.39 is 11.7 Å². The van der Waals surface area contributed by atoms with E-state index in [2.05, 4.69) is 0 Å². The summed E-state index contributed by atoms with van der Waals surface area (Å²) in [7, 11) is 0. The van der Waals surface area contributed by atoms with Gasteiger partial charge in [0.15, 0.2) is 0 Å². The Morgan fingerprint density at radius 1 is 1.08 bits per heavy atom. The highest BCUT2D eigenvalue weighted by Crippen LogP contribution is 2.42. The molecule has 142 valence electrons. The number of aromatic nitrogens is 1. The summed E-state index contributed by atoms with van der Waals surface area (Å²) in [5, 5.41) is 21.3. The van der Waals surface area contributed by atoms with Crippen LogP contribution in [-0.2, 0) is 5.60 Å². The van der Waals surface area contributed by atoms with Gasteiger partial charge in [-0.15, -0.1) is 0 Å². The van der Waals surface area contributed by atoms with Crippen LogP contribution in [0.4, 0.5) is 4.39 Å². The quantitative estimate of drug-likeness (QED) is 0.759. The molecule has 0 fully saturated rings. The maximum Gasteiger partial charge on any atom is 0.123 e. The molecule has 1 heterocycles. The molecule has 2 unspecified atom stereocenters. The number of hydrogen-bond acceptors (Lipinski definition) is 3. The first-order valence-electron chi connectivity index (χ1n) is 8.69. The van der Waals surface area contributed by atoms with Gasteiger partial charge in [0.1, 0.15) is 5.82 Å². The molecule has 2 aromatic rings. The summed E-state index contributed by atoms with van der Waals surface area (Å²) in [6.07, 6.45) is -0.639. The minimum Gasteiger partial charge on any atom is -0.393 e. The predicted molar refractivity (Wildman–Crippen MR) is 104 cm³/mol. The molecule has 1 aromatic heterocycles. The third-order valence-corrected chi connectivity index (χ3v) is 4.87. The van der Waals surface area contributed by atoms with Gasteiger partial charge in [0.05, 0.1) is 22.4 Å². The van der Waals surface area contributed by atoms with E-state index in [-0.39, 0.29) is 17.2 Å². The number of benzene rings is 1. The predicted octanol–water partition coefficient (Wildman–Crippen LogP) is 5.28. The zero-order valence-corrected chi connectivity index (χ0v) is 16.9. The van der Waals surface area contributed by atoms with Crippen molar-refractivity contribution in [3.05, 3.63) is 52.4 Å². The highest BCUT2D eigenvalue weighted by atomic mass is 35.5. The van der Waals surface area contributed by atoms with Crippen LogP contribution >= 0.6 is 11.6 Å². The average Bonchev–Trinajstić information content (AvgIpc) is 2.46. The zero-order chi connectivity index (χ0) is 19.9. The lowest BCUT2D eigenvalue weighted by atomic mass is 9.75. The Labute approximate surface area is 159 Å². The lowest BCUT2D eigenvalue weighted by Crippen LogP contribution is -2.30. The molecule has 0 radical (unpaired) electrons.